The summed E-state index contributed by atoms with van der Waals surface area (Å²) in [6.07, 6.45) is 0.454. The zero-order valence-corrected chi connectivity index (χ0v) is 17.0. The number of nitrogens with zero attached hydrogens (tertiary/aromatic N) is 2. The lowest BCUT2D eigenvalue weighted by Gasteiger charge is -2.36. The maximum atomic E-state index is 12.5. The molecule has 2 amide bonds. The van der Waals surface area contributed by atoms with Crippen LogP contribution in [-0.4, -0.2) is 56.5 Å². The molecular weight excluding hydrogens is 368 g/mol. The van der Waals surface area contributed by atoms with E-state index >= 15 is 0 Å². The molecule has 0 radical (unpaired) electrons. The number of piperazine rings is 1. The van der Waals surface area contributed by atoms with E-state index in [1.54, 1.807) is 7.11 Å². The van der Waals surface area contributed by atoms with Crippen molar-refractivity contribution < 1.29 is 14.3 Å². The number of rotatable bonds is 7. The number of benzene rings is 2. The summed E-state index contributed by atoms with van der Waals surface area (Å²) in [5.74, 6) is 0.921. The lowest BCUT2D eigenvalue weighted by Crippen LogP contribution is -2.49. The predicted molar refractivity (Wildman–Crippen MR) is 116 cm³/mol. The van der Waals surface area contributed by atoms with Crippen molar-refractivity contribution in [3.63, 3.8) is 0 Å². The van der Waals surface area contributed by atoms with E-state index in [-0.39, 0.29) is 11.8 Å². The molecule has 0 atom stereocenters. The number of methoxy groups -OCH3 is 1. The molecule has 1 heterocycles. The van der Waals surface area contributed by atoms with Gasteiger partial charge in [0.2, 0.25) is 11.8 Å². The second-order valence-electron chi connectivity index (χ2n) is 7.00. The third kappa shape index (κ3) is 5.88. The Morgan fingerprint density at radius 3 is 2.14 bits per heavy atom. The van der Waals surface area contributed by atoms with Crippen molar-refractivity contribution in [2.24, 2.45) is 0 Å². The van der Waals surface area contributed by atoms with Gasteiger partial charge >= 0.3 is 0 Å². The molecule has 2 N–H and O–H groups in total. The molecule has 3 rings (SSSR count). The number of hydrogen-bond acceptors (Lipinski definition) is 5. The number of anilines is 3. The van der Waals surface area contributed by atoms with E-state index in [2.05, 4.69) is 27.7 Å². The summed E-state index contributed by atoms with van der Waals surface area (Å²) in [4.78, 5) is 27.8. The highest BCUT2D eigenvalue weighted by Crippen LogP contribution is 2.20. The largest absolute Gasteiger partial charge is 0.497 e. The van der Waals surface area contributed by atoms with Crippen LogP contribution in [0.1, 0.15) is 13.3 Å². The Hall–Kier alpha value is -3.22. The smallest absolute Gasteiger partial charge is 0.224 e. The number of carbonyl (C=O) groups is 2. The van der Waals surface area contributed by atoms with Gasteiger partial charge in [0.15, 0.2) is 0 Å². The molecule has 0 aliphatic carbocycles. The van der Waals surface area contributed by atoms with Gasteiger partial charge in [-0.05, 0) is 48.5 Å². The Morgan fingerprint density at radius 2 is 1.55 bits per heavy atom. The molecule has 1 aliphatic rings. The Labute approximate surface area is 171 Å². The van der Waals surface area contributed by atoms with Crippen LogP contribution in [0.5, 0.6) is 5.75 Å². The normalized spacial score (nSPS) is 13.7. The molecular formula is C22H28N4O3. The van der Waals surface area contributed by atoms with Gasteiger partial charge in [0.25, 0.3) is 0 Å². The third-order valence-corrected chi connectivity index (χ3v) is 4.94. The zero-order chi connectivity index (χ0) is 20.6. The summed E-state index contributed by atoms with van der Waals surface area (Å²) in [6, 6.07) is 15.5. The monoisotopic (exact) mass is 396 g/mol. The second kappa shape index (κ2) is 9.82. The van der Waals surface area contributed by atoms with E-state index in [4.69, 9.17) is 4.74 Å². The first-order valence-corrected chi connectivity index (χ1v) is 9.83. The van der Waals surface area contributed by atoms with Crippen LogP contribution < -0.4 is 20.3 Å². The fraction of sp³-hybridized carbons (Fsp3) is 0.364. The van der Waals surface area contributed by atoms with E-state index in [1.807, 2.05) is 41.3 Å². The van der Waals surface area contributed by atoms with E-state index in [1.165, 1.54) is 6.92 Å². The van der Waals surface area contributed by atoms with Crippen molar-refractivity contribution in [1.82, 2.24) is 4.90 Å². The van der Waals surface area contributed by atoms with Gasteiger partial charge in [0.1, 0.15) is 5.75 Å². The van der Waals surface area contributed by atoms with Gasteiger partial charge in [0, 0.05) is 63.1 Å². The molecule has 154 valence electrons. The minimum Gasteiger partial charge on any atom is -0.497 e. The quantitative estimate of drug-likeness (QED) is 0.753. The molecule has 0 unspecified atom stereocenters. The fourth-order valence-corrected chi connectivity index (χ4v) is 3.35. The zero-order valence-electron chi connectivity index (χ0n) is 17.0. The van der Waals surface area contributed by atoms with Crippen LogP contribution in [-0.2, 0) is 9.59 Å². The molecule has 1 aliphatic heterocycles. The van der Waals surface area contributed by atoms with Gasteiger partial charge in [-0.1, -0.05) is 0 Å². The van der Waals surface area contributed by atoms with Gasteiger partial charge in [-0.2, -0.15) is 0 Å². The summed E-state index contributed by atoms with van der Waals surface area (Å²) in [5, 5.41) is 5.99. The average molecular weight is 396 g/mol. The first kappa shape index (κ1) is 20.5. The van der Waals surface area contributed by atoms with Crippen molar-refractivity contribution in [3.05, 3.63) is 48.5 Å². The highest BCUT2D eigenvalue weighted by Gasteiger charge is 2.20. The highest BCUT2D eigenvalue weighted by molar-refractivity contribution is 5.88. The van der Waals surface area contributed by atoms with E-state index in [0.29, 0.717) is 13.0 Å². The predicted octanol–water partition coefficient (Wildman–Crippen LogP) is 2.80. The summed E-state index contributed by atoms with van der Waals surface area (Å²) >= 11 is 0. The molecule has 1 saturated heterocycles. The van der Waals surface area contributed by atoms with Crippen LogP contribution in [0.2, 0.25) is 0 Å². The lowest BCUT2D eigenvalue weighted by atomic mass is 10.2. The topological polar surface area (TPSA) is 73.9 Å². The van der Waals surface area contributed by atoms with Gasteiger partial charge in [0.05, 0.1) is 7.11 Å². The molecule has 0 aromatic heterocycles. The van der Waals surface area contributed by atoms with Crippen molar-refractivity contribution in [3.8, 4) is 5.75 Å². The van der Waals surface area contributed by atoms with Crippen LogP contribution in [0.15, 0.2) is 48.5 Å². The maximum absolute atomic E-state index is 12.5. The van der Waals surface area contributed by atoms with Crippen LogP contribution >= 0.6 is 0 Å². The Bertz CT molecular complexity index is 813. The lowest BCUT2D eigenvalue weighted by molar-refractivity contribution is -0.131. The number of carbonyl (C=O) groups excluding carboxylic acids is 2. The second-order valence-corrected chi connectivity index (χ2v) is 7.00. The van der Waals surface area contributed by atoms with Crippen LogP contribution in [0.4, 0.5) is 17.1 Å². The van der Waals surface area contributed by atoms with Crippen LogP contribution in [0, 0.1) is 0 Å². The van der Waals surface area contributed by atoms with Crippen molar-refractivity contribution in [2.75, 3.05) is 55.4 Å². The highest BCUT2D eigenvalue weighted by atomic mass is 16.5. The minimum absolute atomic E-state index is 0.0941. The van der Waals surface area contributed by atoms with Gasteiger partial charge in [-0.15, -0.1) is 0 Å². The van der Waals surface area contributed by atoms with Gasteiger partial charge in [-0.3, -0.25) is 9.59 Å². The van der Waals surface area contributed by atoms with E-state index < -0.39 is 0 Å². The summed E-state index contributed by atoms with van der Waals surface area (Å²) < 4.78 is 5.20. The number of ether oxygens (including phenoxy) is 1. The van der Waals surface area contributed by atoms with Crippen molar-refractivity contribution in [2.45, 2.75) is 13.3 Å². The molecule has 0 saturated carbocycles. The summed E-state index contributed by atoms with van der Waals surface area (Å²) in [6.45, 7) is 5.18. The van der Waals surface area contributed by atoms with E-state index in [9.17, 15) is 9.59 Å². The maximum Gasteiger partial charge on any atom is 0.224 e. The first-order chi connectivity index (χ1) is 14.0. The number of nitrogens with one attached hydrogen (secondary N) is 2. The standard InChI is InChI=1S/C22H28N4O3/c1-17(27)24-19-5-3-18(4-6-19)23-12-11-22(28)26-15-13-25(14-16-26)20-7-9-21(29-2)10-8-20/h3-10,23H,11-16H2,1-2H3,(H,24,27). The molecule has 7 heteroatoms. The van der Waals surface area contributed by atoms with Crippen molar-refractivity contribution >= 4 is 28.9 Å². The average Bonchev–Trinajstić information content (AvgIpc) is 2.75. The van der Waals surface area contributed by atoms with Crippen LogP contribution in [0.3, 0.4) is 0 Å². The summed E-state index contributed by atoms with van der Waals surface area (Å²) in [7, 11) is 1.66. The van der Waals surface area contributed by atoms with Crippen molar-refractivity contribution in [1.29, 1.82) is 0 Å². The Morgan fingerprint density at radius 1 is 0.931 bits per heavy atom. The first-order valence-electron chi connectivity index (χ1n) is 9.83. The molecule has 29 heavy (non-hydrogen) atoms. The number of amides is 2. The van der Waals surface area contributed by atoms with Gasteiger partial charge < -0.3 is 25.2 Å². The molecule has 0 spiro atoms. The molecule has 2 aromatic rings. The van der Waals surface area contributed by atoms with E-state index in [0.717, 1.165) is 49.0 Å². The molecule has 7 nitrogen and oxygen atoms in total. The number of hydrogen-bond donors (Lipinski definition) is 2. The molecule has 1 fully saturated rings. The Balaban J connectivity index is 1.39. The van der Waals surface area contributed by atoms with Crippen LogP contribution in [0.25, 0.3) is 0 Å². The molecule has 2 aromatic carbocycles. The minimum atomic E-state index is -0.0941. The Kier molecular flexibility index (Phi) is 6.94. The third-order valence-electron chi connectivity index (χ3n) is 4.94. The SMILES string of the molecule is COc1ccc(N2CCN(C(=O)CCNc3ccc(NC(C)=O)cc3)CC2)cc1. The molecule has 0 bridgehead atoms. The fourth-order valence-electron chi connectivity index (χ4n) is 3.35. The van der Waals surface area contributed by atoms with Gasteiger partial charge in [-0.25, -0.2) is 0 Å². The summed E-state index contributed by atoms with van der Waals surface area (Å²) in [5.41, 5.74) is 2.84.